The number of thioether (sulfide) groups is 1. The van der Waals surface area contributed by atoms with Crippen LogP contribution < -0.4 is 5.32 Å². The molecule has 0 saturated heterocycles. The second kappa shape index (κ2) is 9.43. The van der Waals surface area contributed by atoms with E-state index in [4.69, 9.17) is 0 Å². The third kappa shape index (κ3) is 5.27. The second-order valence-electron chi connectivity index (χ2n) is 6.94. The molecule has 0 atom stereocenters. The van der Waals surface area contributed by atoms with Gasteiger partial charge in [0.25, 0.3) is 0 Å². The van der Waals surface area contributed by atoms with E-state index >= 15 is 0 Å². The normalized spacial score (nSPS) is 10.9. The highest BCUT2D eigenvalue weighted by Gasteiger charge is 2.06. The fraction of sp³-hybridized carbons (Fsp3) is 0.167. The first-order valence-electron chi connectivity index (χ1n) is 9.74. The number of rotatable bonds is 8. The smallest absolute Gasteiger partial charge is 0.224 e. The highest BCUT2D eigenvalue weighted by molar-refractivity contribution is 7.98. The molecule has 0 aliphatic carbocycles. The van der Waals surface area contributed by atoms with Gasteiger partial charge in [0.05, 0.1) is 0 Å². The number of para-hydroxylation sites is 1. The van der Waals surface area contributed by atoms with Crippen LogP contribution in [0.4, 0.5) is 5.69 Å². The summed E-state index contributed by atoms with van der Waals surface area (Å²) in [4.78, 5) is 20.9. The molecule has 4 aromatic rings. The maximum Gasteiger partial charge on any atom is 0.224 e. The first-order chi connectivity index (χ1) is 14.3. The number of benzene rings is 2. The molecule has 29 heavy (non-hydrogen) atoms. The molecule has 0 bridgehead atoms. The molecule has 0 unspecified atom stereocenters. The summed E-state index contributed by atoms with van der Waals surface area (Å²) in [7, 11) is 0. The third-order valence-electron chi connectivity index (χ3n) is 4.79. The summed E-state index contributed by atoms with van der Waals surface area (Å²) in [5.74, 6) is 0.938. The summed E-state index contributed by atoms with van der Waals surface area (Å²) in [6, 6.07) is 20.3. The summed E-state index contributed by atoms with van der Waals surface area (Å²) in [6.45, 7) is 0. The van der Waals surface area contributed by atoms with E-state index in [2.05, 4.69) is 33.5 Å². The van der Waals surface area contributed by atoms with Gasteiger partial charge >= 0.3 is 0 Å². The summed E-state index contributed by atoms with van der Waals surface area (Å²) in [5, 5.41) is 4.24. The first-order valence-corrected chi connectivity index (χ1v) is 10.7. The predicted molar refractivity (Wildman–Crippen MR) is 120 cm³/mol. The van der Waals surface area contributed by atoms with Gasteiger partial charge in [-0.1, -0.05) is 24.3 Å². The van der Waals surface area contributed by atoms with E-state index in [9.17, 15) is 4.79 Å². The van der Waals surface area contributed by atoms with E-state index in [1.807, 2.05) is 54.9 Å². The number of anilines is 1. The Labute approximate surface area is 174 Å². The van der Waals surface area contributed by atoms with Crippen molar-refractivity contribution in [2.24, 2.45) is 0 Å². The van der Waals surface area contributed by atoms with Gasteiger partial charge in [0.15, 0.2) is 0 Å². The zero-order chi connectivity index (χ0) is 19.9. The van der Waals surface area contributed by atoms with Gasteiger partial charge in [-0.25, -0.2) is 0 Å². The van der Waals surface area contributed by atoms with Gasteiger partial charge in [-0.05, 0) is 60.4 Å². The lowest BCUT2D eigenvalue weighted by atomic mass is 10.1. The van der Waals surface area contributed by atoms with E-state index in [0.29, 0.717) is 6.42 Å². The Morgan fingerprint density at radius 1 is 1.03 bits per heavy atom. The van der Waals surface area contributed by atoms with Crippen LogP contribution in [0.25, 0.3) is 10.9 Å². The van der Waals surface area contributed by atoms with Crippen molar-refractivity contribution in [2.45, 2.75) is 29.9 Å². The Hall–Kier alpha value is -3.05. The number of pyridine rings is 1. The van der Waals surface area contributed by atoms with Gasteiger partial charge in [-0.3, -0.25) is 9.78 Å². The van der Waals surface area contributed by atoms with E-state index in [1.165, 1.54) is 21.4 Å². The molecule has 0 saturated carbocycles. The Morgan fingerprint density at radius 3 is 2.72 bits per heavy atom. The van der Waals surface area contributed by atoms with Crippen LogP contribution in [0.2, 0.25) is 0 Å². The second-order valence-corrected chi connectivity index (χ2v) is 7.98. The van der Waals surface area contributed by atoms with Crippen LogP contribution in [0.15, 0.2) is 84.1 Å². The molecule has 4 rings (SSSR count). The van der Waals surface area contributed by atoms with E-state index in [0.717, 1.165) is 29.8 Å². The molecule has 0 radical (unpaired) electrons. The number of carbonyl (C=O) groups excluding carboxylic acids is 1. The van der Waals surface area contributed by atoms with Crippen molar-refractivity contribution in [1.29, 1.82) is 0 Å². The Balaban J connectivity index is 1.23. The van der Waals surface area contributed by atoms with Crippen LogP contribution in [0, 0.1) is 0 Å². The molecule has 4 nitrogen and oxygen atoms in total. The fourth-order valence-corrected chi connectivity index (χ4v) is 4.12. The van der Waals surface area contributed by atoms with Crippen LogP contribution in [0.3, 0.4) is 0 Å². The summed E-state index contributed by atoms with van der Waals surface area (Å²) in [6.07, 6.45) is 7.94. The lowest BCUT2D eigenvalue weighted by Crippen LogP contribution is -2.11. The molecule has 5 heteroatoms. The van der Waals surface area contributed by atoms with E-state index in [1.54, 1.807) is 18.0 Å². The maximum atomic E-state index is 12.3. The highest BCUT2D eigenvalue weighted by atomic mass is 32.2. The molecule has 2 heterocycles. The number of H-pyrrole nitrogens is 1. The Bertz CT molecular complexity index is 1070. The van der Waals surface area contributed by atoms with Gasteiger partial charge in [0, 0.05) is 52.3 Å². The van der Waals surface area contributed by atoms with Crippen molar-refractivity contribution in [3.63, 3.8) is 0 Å². The molecular formula is C24H23N3OS. The molecule has 0 aliphatic heterocycles. The lowest BCUT2D eigenvalue weighted by Gasteiger charge is -2.07. The maximum absolute atomic E-state index is 12.3. The van der Waals surface area contributed by atoms with Gasteiger partial charge in [-0.2, -0.15) is 0 Å². The van der Waals surface area contributed by atoms with Crippen LogP contribution in [0.1, 0.15) is 24.0 Å². The van der Waals surface area contributed by atoms with Crippen molar-refractivity contribution in [1.82, 2.24) is 9.97 Å². The van der Waals surface area contributed by atoms with Gasteiger partial charge in [0.1, 0.15) is 0 Å². The van der Waals surface area contributed by atoms with Crippen molar-refractivity contribution in [3.05, 3.63) is 90.4 Å². The monoisotopic (exact) mass is 401 g/mol. The van der Waals surface area contributed by atoms with Crippen molar-refractivity contribution in [3.8, 4) is 0 Å². The minimum absolute atomic E-state index is 0.0561. The van der Waals surface area contributed by atoms with Gasteiger partial charge < -0.3 is 10.3 Å². The summed E-state index contributed by atoms with van der Waals surface area (Å²) in [5.41, 5.74) is 4.45. The van der Waals surface area contributed by atoms with Crippen LogP contribution in [-0.2, 0) is 17.0 Å². The lowest BCUT2D eigenvalue weighted by molar-refractivity contribution is -0.116. The number of hydrogen-bond donors (Lipinski definition) is 2. The predicted octanol–water partition coefficient (Wildman–Crippen LogP) is 5.82. The minimum Gasteiger partial charge on any atom is -0.361 e. The molecule has 1 amide bonds. The first kappa shape index (κ1) is 19.3. The number of aromatic nitrogens is 2. The largest absolute Gasteiger partial charge is 0.361 e. The van der Waals surface area contributed by atoms with Crippen molar-refractivity contribution >= 4 is 34.3 Å². The quantitative estimate of drug-likeness (QED) is 0.366. The number of amides is 1. The van der Waals surface area contributed by atoms with Gasteiger partial charge in [-0.15, -0.1) is 11.8 Å². The van der Waals surface area contributed by atoms with Crippen molar-refractivity contribution in [2.75, 3.05) is 5.32 Å². The number of carbonyl (C=O) groups is 1. The third-order valence-corrected chi connectivity index (χ3v) is 5.87. The number of nitrogens with one attached hydrogen (secondary N) is 2. The number of aromatic amines is 1. The average molecular weight is 402 g/mol. The SMILES string of the molecule is O=C(CCCc1c[nH]c2ccccc12)Nc1ccc(SCc2cccnc2)cc1. The van der Waals surface area contributed by atoms with Crippen LogP contribution in [-0.4, -0.2) is 15.9 Å². The Kier molecular flexibility index (Phi) is 6.27. The summed E-state index contributed by atoms with van der Waals surface area (Å²) < 4.78 is 0. The van der Waals surface area contributed by atoms with Gasteiger partial charge in [0.2, 0.25) is 5.91 Å². The minimum atomic E-state index is 0.0561. The molecule has 2 aromatic carbocycles. The molecule has 0 fully saturated rings. The molecule has 0 aliphatic rings. The number of aryl methyl sites for hydroxylation is 1. The number of hydrogen-bond acceptors (Lipinski definition) is 3. The van der Waals surface area contributed by atoms with Crippen molar-refractivity contribution < 1.29 is 4.79 Å². The number of nitrogens with zero attached hydrogens (tertiary/aromatic N) is 1. The Morgan fingerprint density at radius 2 is 1.90 bits per heavy atom. The average Bonchev–Trinajstić information content (AvgIpc) is 3.17. The topological polar surface area (TPSA) is 57.8 Å². The molecule has 2 N–H and O–H groups in total. The molecule has 146 valence electrons. The zero-order valence-corrected chi connectivity index (χ0v) is 16.9. The van der Waals surface area contributed by atoms with E-state index < -0.39 is 0 Å². The molecular weight excluding hydrogens is 378 g/mol. The standard InChI is InChI=1S/C24H23N3OS/c28-24(9-3-6-19-16-26-23-8-2-1-7-22(19)23)27-20-10-12-21(13-11-20)29-17-18-5-4-14-25-15-18/h1-2,4-5,7-8,10-16,26H,3,6,9,17H2,(H,27,28). The zero-order valence-electron chi connectivity index (χ0n) is 16.1. The molecule has 0 spiro atoms. The number of fused-ring (bicyclic) bond motifs is 1. The van der Waals surface area contributed by atoms with Crippen LogP contribution >= 0.6 is 11.8 Å². The summed E-state index contributed by atoms with van der Waals surface area (Å²) >= 11 is 1.76. The molecule has 2 aromatic heterocycles. The fourth-order valence-electron chi connectivity index (χ4n) is 3.29. The highest BCUT2D eigenvalue weighted by Crippen LogP contribution is 2.24. The van der Waals surface area contributed by atoms with Crippen LogP contribution in [0.5, 0.6) is 0 Å². The van der Waals surface area contributed by atoms with E-state index in [-0.39, 0.29) is 5.91 Å².